The third kappa shape index (κ3) is 4.34. The predicted octanol–water partition coefficient (Wildman–Crippen LogP) is 5.90. The van der Waals surface area contributed by atoms with E-state index in [0.29, 0.717) is 23.3 Å². The van der Waals surface area contributed by atoms with Crippen LogP contribution < -0.4 is 0 Å². The highest BCUT2D eigenvalue weighted by atomic mass is 17.2. The van der Waals surface area contributed by atoms with Crippen molar-refractivity contribution in [3.8, 4) is 11.1 Å². The lowest BCUT2D eigenvalue weighted by molar-refractivity contribution is -0.296. The van der Waals surface area contributed by atoms with E-state index in [9.17, 15) is 4.79 Å². The monoisotopic (exact) mass is 352 g/mol. The third-order valence-corrected chi connectivity index (χ3v) is 5.44. The molecule has 0 N–H and O–H groups in total. The van der Waals surface area contributed by atoms with Crippen LogP contribution in [0.3, 0.4) is 0 Å². The quantitative estimate of drug-likeness (QED) is 0.496. The standard InChI is InChI=1S/C23H28O3/c1-16(2)19-14-13-17(3)15-22(19)25-26-23(24)21-12-8-7-11-20(21)18-9-5-4-6-10-18/h4-12,16-17,19,22H,13-15H2,1-3H3. The summed E-state index contributed by atoms with van der Waals surface area (Å²) in [7, 11) is 0. The third-order valence-electron chi connectivity index (χ3n) is 5.44. The Hall–Kier alpha value is -2.13. The number of hydrogen-bond donors (Lipinski definition) is 0. The van der Waals surface area contributed by atoms with Crippen LogP contribution in [-0.2, 0) is 9.78 Å². The molecule has 1 saturated carbocycles. The predicted molar refractivity (Wildman–Crippen MR) is 104 cm³/mol. The molecule has 0 radical (unpaired) electrons. The van der Waals surface area contributed by atoms with E-state index >= 15 is 0 Å². The Morgan fingerprint density at radius 3 is 2.42 bits per heavy atom. The van der Waals surface area contributed by atoms with Crippen molar-refractivity contribution in [3.63, 3.8) is 0 Å². The molecule has 3 atom stereocenters. The van der Waals surface area contributed by atoms with Gasteiger partial charge in [-0.05, 0) is 47.8 Å². The fourth-order valence-corrected chi connectivity index (χ4v) is 3.91. The zero-order valence-corrected chi connectivity index (χ0v) is 15.9. The van der Waals surface area contributed by atoms with Crippen LogP contribution in [0.1, 0.15) is 50.4 Å². The molecule has 3 rings (SSSR count). The molecule has 1 aliphatic carbocycles. The van der Waals surface area contributed by atoms with Crippen LogP contribution in [0.4, 0.5) is 0 Å². The molecule has 1 fully saturated rings. The summed E-state index contributed by atoms with van der Waals surface area (Å²) >= 11 is 0. The van der Waals surface area contributed by atoms with Gasteiger partial charge in [0, 0.05) is 0 Å². The van der Waals surface area contributed by atoms with Crippen molar-refractivity contribution in [2.45, 2.75) is 46.1 Å². The molecule has 0 amide bonds. The van der Waals surface area contributed by atoms with Crippen LogP contribution in [0.25, 0.3) is 11.1 Å². The Bertz CT molecular complexity index is 723. The van der Waals surface area contributed by atoms with E-state index in [1.807, 2.05) is 48.5 Å². The first-order chi connectivity index (χ1) is 12.6. The first kappa shape index (κ1) is 18.7. The molecule has 0 aromatic heterocycles. The Kier molecular flexibility index (Phi) is 6.10. The summed E-state index contributed by atoms with van der Waals surface area (Å²) in [6.45, 7) is 6.66. The van der Waals surface area contributed by atoms with Gasteiger partial charge in [0.25, 0.3) is 0 Å². The van der Waals surface area contributed by atoms with E-state index in [1.54, 1.807) is 6.07 Å². The molecule has 0 bridgehead atoms. The normalized spacial score (nSPS) is 23.0. The number of rotatable bonds is 5. The largest absolute Gasteiger partial charge is 0.373 e. The van der Waals surface area contributed by atoms with Gasteiger partial charge in [-0.2, -0.15) is 4.89 Å². The molecule has 2 aromatic carbocycles. The van der Waals surface area contributed by atoms with Gasteiger partial charge in [-0.15, -0.1) is 0 Å². The average molecular weight is 352 g/mol. The molecule has 138 valence electrons. The minimum absolute atomic E-state index is 0.0217. The van der Waals surface area contributed by atoms with Crippen molar-refractivity contribution in [2.75, 3.05) is 0 Å². The summed E-state index contributed by atoms with van der Waals surface area (Å²) in [4.78, 5) is 23.7. The number of benzene rings is 2. The van der Waals surface area contributed by atoms with Crippen molar-refractivity contribution in [3.05, 3.63) is 60.2 Å². The van der Waals surface area contributed by atoms with Crippen LogP contribution in [0.15, 0.2) is 54.6 Å². The van der Waals surface area contributed by atoms with Gasteiger partial charge in [-0.3, -0.25) is 4.89 Å². The van der Waals surface area contributed by atoms with Crippen LogP contribution in [-0.4, -0.2) is 12.1 Å². The summed E-state index contributed by atoms with van der Waals surface area (Å²) in [5.41, 5.74) is 2.38. The van der Waals surface area contributed by atoms with Crippen LogP contribution >= 0.6 is 0 Å². The minimum Gasteiger partial charge on any atom is -0.293 e. The minimum atomic E-state index is -0.426. The number of hydrogen-bond acceptors (Lipinski definition) is 3. The van der Waals surface area contributed by atoms with E-state index in [1.165, 1.54) is 6.42 Å². The second-order valence-electron chi connectivity index (χ2n) is 7.74. The highest BCUT2D eigenvalue weighted by Crippen LogP contribution is 2.35. The lowest BCUT2D eigenvalue weighted by Crippen LogP contribution is -2.35. The van der Waals surface area contributed by atoms with E-state index in [-0.39, 0.29) is 6.10 Å². The maximum Gasteiger partial charge on any atom is 0.373 e. The van der Waals surface area contributed by atoms with Gasteiger partial charge in [-0.25, -0.2) is 4.79 Å². The fraction of sp³-hybridized carbons (Fsp3) is 0.435. The topological polar surface area (TPSA) is 35.5 Å². The molecule has 0 heterocycles. The Morgan fingerprint density at radius 2 is 1.69 bits per heavy atom. The van der Waals surface area contributed by atoms with E-state index in [2.05, 4.69) is 20.8 Å². The molecule has 1 aliphatic rings. The maximum atomic E-state index is 12.7. The summed E-state index contributed by atoms with van der Waals surface area (Å²) in [5, 5.41) is 0. The highest BCUT2D eigenvalue weighted by Gasteiger charge is 2.33. The Morgan fingerprint density at radius 1 is 1.00 bits per heavy atom. The molecule has 3 nitrogen and oxygen atoms in total. The molecule has 0 saturated heterocycles. The smallest absolute Gasteiger partial charge is 0.293 e. The Balaban J connectivity index is 1.73. The van der Waals surface area contributed by atoms with Crippen molar-refractivity contribution >= 4 is 5.97 Å². The summed E-state index contributed by atoms with van der Waals surface area (Å²) in [5.74, 6) is 1.13. The van der Waals surface area contributed by atoms with Crippen molar-refractivity contribution < 1.29 is 14.6 Å². The average Bonchev–Trinajstić information content (AvgIpc) is 2.66. The van der Waals surface area contributed by atoms with Crippen molar-refractivity contribution in [2.24, 2.45) is 17.8 Å². The van der Waals surface area contributed by atoms with Crippen molar-refractivity contribution in [1.29, 1.82) is 0 Å². The lowest BCUT2D eigenvalue weighted by Gasteiger charge is -2.35. The first-order valence-corrected chi connectivity index (χ1v) is 9.58. The fourth-order valence-electron chi connectivity index (χ4n) is 3.91. The first-order valence-electron chi connectivity index (χ1n) is 9.58. The molecule has 3 unspecified atom stereocenters. The van der Waals surface area contributed by atoms with Gasteiger partial charge in [-0.1, -0.05) is 75.7 Å². The van der Waals surface area contributed by atoms with Crippen LogP contribution in [0.2, 0.25) is 0 Å². The lowest BCUT2D eigenvalue weighted by atomic mass is 9.75. The van der Waals surface area contributed by atoms with Gasteiger partial charge in [0.1, 0.15) is 6.10 Å². The molecule has 2 aromatic rings. The van der Waals surface area contributed by atoms with Crippen LogP contribution in [0.5, 0.6) is 0 Å². The van der Waals surface area contributed by atoms with E-state index in [4.69, 9.17) is 9.78 Å². The van der Waals surface area contributed by atoms with Crippen LogP contribution in [0, 0.1) is 17.8 Å². The van der Waals surface area contributed by atoms with Gasteiger partial charge >= 0.3 is 5.97 Å². The molecule has 26 heavy (non-hydrogen) atoms. The van der Waals surface area contributed by atoms with Gasteiger partial charge < -0.3 is 0 Å². The number of carbonyl (C=O) groups is 1. The van der Waals surface area contributed by atoms with Gasteiger partial charge in [0.05, 0.1) is 5.56 Å². The molecule has 3 heteroatoms. The molecule has 0 aliphatic heterocycles. The second-order valence-corrected chi connectivity index (χ2v) is 7.74. The molecular weight excluding hydrogens is 324 g/mol. The summed E-state index contributed by atoms with van der Waals surface area (Å²) in [6, 6.07) is 17.4. The van der Waals surface area contributed by atoms with Crippen molar-refractivity contribution in [1.82, 2.24) is 0 Å². The Labute approximate surface area is 156 Å². The highest BCUT2D eigenvalue weighted by molar-refractivity contribution is 5.96. The zero-order valence-electron chi connectivity index (χ0n) is 15.9. The molecule has 0 spiro atoms. The summed E-state index contributed by atoms with van der Waals surface area (Å²) < 4.78 is 0. The van der Waals surface area contributed by atoms with E-state index in [0.717, 1.165) is 24.0 Å². The van der Waals surface area contributed by atoms with Gasteiger partial charge in [0.15, 0.2) is 0 Å². The zero-order chi connectivity index (χ0) is 18.5. The number of carbonyl (C=O) groups excluding carboxylic acids is 1. The van der Waals surface area contributed by atoms with Gasteiger partial charge in [0.2, 0.25) is 0 Å². The molecular formula is C23H28O3. The SMILES string of the molecule is CC1CCC(C(C)C)C(OOC(=O)c2ccccc2-c2ccccc2)C1. The van der Waals surface area contributed by atoms with E-state index < -0.39 is 5.97 Å². The summed E-state index contributed by atoms with van der Waals surface area (Å²) in [6.07, 6.45) is 3.26. The second kappa shape index (κ2) is 8.50. The maximum absolute atomic E-state index is 12.7.